The van der Waals surface area contributed by atoms with E-state index in [0.717, 1.165) is 0 Å². The topological polar surface area (TPSA) is 113 Å². The van der Waals surface area contributed by atoms with Gasteiger partial charge in [-0.2, -0.15) is 0 Å². The summed E-state index contributed by atoms with van der Waals surface area (Å²) in [5.74, 6) is -0.181. The number of aromatic nitrogens is 3. The maximum atomic E-state index is 12.7. The monoisotopic (exact) mass is 362 g/mol. The summed E-state index contributed by atoms with van der Waals surface area (Å²) < 4.78 is 23.3. The molecule has 1 aliphatic rings. The summed E-state index contributed by atoms with van der Waals surface area (Å²) >= 11 is 0. The lowest BCUT2D eigenvalue weighted by Crippen LogP contribution is -2.43. The Labute approximate surface area is 144 Å². The maximum Gasteiger partial charge on any atom is 0.264 e. The van der Waals surface area contributed by atoms with Crippen molar-refractivity contribution in [2.24, 2.45) is 0 Å². The van der Waals surface area contributed by atoms with Crippen LogP contribution in [0.3, 0.4) is 0 Å². The molecule has 0 saturated carbocycles. The summed E-state index contributed by atoms with van der Waals surface area (Å²) in [6.45, 7) is 2.08. The van der Waals surface area contributed by atoms with Crippen molar-refractivity contribution in [2.75, 3.05) is 18.1 Å². The summed E-state index contributed by atoms with van der Waals surface area (Å²) in [5.41, 5.74) is -0.0234. The molecule has 1 amide bonds. The largest absolute Gasteiger partial charge is 0.335 e. The zero-order chi connectivity index (χ0) is 18.0. The lowest BCUT2D eigenvalue weighted by atomic mass is 10.2. The van der Waals surface area contributed by atoms with Crippen LogP contribution in [-0.4, -0.2) is 58.3 Å². The number of hydrogen-bond acceptors (Lipinski definition) is 6. The first-order chi connectivity index (χ1) is 11.9. The molecule has 25 heavy (non-hydrogen) atoms. The molecule has 1 N–H and O–H groups in total. The first-order valence-corrected chi connectivity index (χ1v) is 9.74. The van der Waals surface area contributed by atoms with Gasteiger partial charge in [-0.25, -0.2) is 13.4 Å². The van der Waals surface area contributed by atoms with E-state index in [4.69, 9.17) is 0 Å². The molecule has 2 aromatic rings. The second-order valence-electron chi connectivity index (χ2n) is 5.86. The zero-order valence-corrected chi connectivity index (χ0v) is 14.5. The van der Waals surface area contributed by atoms with Crippen LogP contribution in [0.25, 0.3) is 11.4 Å². The molecule has 0 unspecified atom stereocenters. The normalized spacial score (nSPS) is 18.8. The quantitative estimate of drug-likeness (QED) is 0.846. The standard InChI is InChI=1S/C16H18N4O4S/c1-2-20(12-5-7-25(23,24)10-12)16(22)13-9-18-14(19-15(13)21)11-4-3-6-17-8-11/h3-4,6,8-9,12H,2,5,7,10H2,1H3,(H,18,19,21)/t12-/m0/s1. The fourth-order valence-electron chi connectivity index (χ4n) is 2.94. The number of nitrogens with one attached hydrogen (secondary N) is 1. The van der Waals surface area contributed by atoms with Crippen molar-refractivity contribution in [3.05, 3.63) is 46.6 Å². The fourth-order valence-corrected chi connectivity index (χ4v) is 4.67. The molecule has 0 aromatic carbocycles. The first kappa shape index (κ1) is 17.3. The lowest BCUT2D eigenvalue weighted by Gasteiger charge is -2.26. The summed E-state index contributed by atoms with van der Waals surface area (Å²) in [6, 6.07) is 3.06. The molecule has 1 aliphatic heterocycles. The van der Waals surface area contributed by atoms with Gasteiger partial charge in [-0.05, 0) is 25.5 Å². The van der Waals surface area contributed by atoms with Gasteiger partial charge < -0.3 is 9.88 Å². The molecule has 0 spiro atoms. The average Bonchev–Trinajstić information content (AvgIpc) is 2.95. The van der Waals surface area contributed by atoms with Crippen molar-refractivity contribution in [3.63, 3.8) is 0 Å². The number of sulfone groups is 1. The van der Waals surface area contributed by atoms with E-state index in [0.29, 0.717) is 24.4 Å². The van der Waals surface area contributed by atoms with E-state index in [1.54, 1.807) is 31.5 Å². The number of pyridine rings is 1. The van der Waals surface area contributed by atoms with Crippen molar-refractivity contribution in [2.45, 2.75) is 19.4 Å². The molecule has 2 aromatic heterocycles. The van der Waals surface area contributed by atoms with Gasteiger partial charge in [0.05, 0.1) is 11.5 Å². The SMILES string of the molecule is CCN(C(=O)c1cnc(-c2cccnc2)[nH]c1=O)[C@H]1CCS(=O)(=O)C1. The molecular weight excluding hydrogens is 344 g/mol. The Bertz CT molecular complexity index is 940. The van der Waals surface area contributed by atoms with Gasteiger partial charge in [0.25, 0.3) is 11.5 Å². The van der Waals surface area contributed by atoms with Gasteiger partial charge in [-0.3, -0.25) is 14.6 Å². The summed E-state index contributed by atoms with van der Waals surface area (Å²) in [4.78, 5) is 37.2. The average molecular weight is 362 g/mol. The lowest BCUT2D eigenvalue weighted by molar-refractivity contribution is 0.0706. The van der Waals surface area contributed by atoms with E-state index in [9.17, 15) is 18.0 Å². The molecule has 0 bridgehead atoms. The predicted molar refractivity (Wildman–Crippen MR) is 91.9 cm³/mol. The van der Waals surface area contributed by atoms with Crippen molar-refractivity contribution >= 4 is 15.7 Å². The number of aromatic amines is 1. The first-order valence-electron chi connectivity index (χ1n) is 7.92. The molecule has 9 heteroatoms. The Balaban J connectivity index is 1.88. The number of carbonyl (C=O) groups is 1. The van der Waals surface area contributed by atoms with Crippen LogP contribution in [0.5, 0.6) is 0 Å². The van der Waals surface area contributed by atoms with Crippen molar-refractivity contribution in [3.8, 4) is 11.4 Å². The summed E-state index contributed by atoms with van der Waals surface area (Å²) in [6.07, 6.45) is 4.78. The van der Waals surface area contributed by atoms with E-state index in [2.05, 4.69) is 15.0 Å². The molecule has 0 radical (unpaired) electrons. The van der Waals surface area contributed by atoms with Gasteiger partial charge >= 0.3 is 0 Å². The second kappa shape index (κ2) is 6.75. The Morgan fingerprint density at radius 2 is 2.20 bits per heavy atom. The van der Waals surface area contributed by atoms with Gasteiger partial charge in [0.2, 0.25) is 0 Å². The van der Waals surface area contributed by atoms with Crippen LogP contribution in [0.2, 0.25) is 0 Å². The van der Waals surface area contributed by atoms with Crippen LogP contribution in [0.4, 0.5) is 0 Å². The molecular formula is C16H18N4O4S. The minimum atomic E-state index is -3.12. The van der Waals surface area contributed by atoms with E-state index >= 15 is 0 Å². The van der Waals surface area contributed by atoms with Gasteiger partial charge in [0.1, 0.15) is 11.4 Å². The van der Waals surface area contributed by atoms with Gasteiger partial charge in [0, 0.05) is 36.7 Å². The van der Waals surface area contributed by atoms with Crippen molar-refractivity contribution in [1.29, 1.82) is 0 Å². The molecule has 1 atom stereocenters. The van der Waals surface area contributed by atoms with E-state index in [1.807, 2.05) is 0 Å². The van der Waals surface area contributed by atoms with Crippen molar-refractivity contribution in [1.82, 2.24) is 19.9 Å². The van der Waals surface area contributed by atoms with Gasteiger partial charge in [-0.15, -0.1) is 0 Å². The number of nitrogens with zero attached hydrogens (tertiary/aromatic N) is 3. The third kappa shape index (κ3) is 3.60. The summed E-state index contributed by atoms with van der Waals surface area (Å²) in [5, 5.41) is 0. The smallest absolute Gasteiger partial charge is 0.264 e. The maximum absolute atomic E-state index is 12.7. The van der Waals surface area contributed by atoms with Crippen LogP contribution >= 0.6 is 0 Å². The molecule has 3 rings (SSSR count). The predicted octanol–water partition coefficient (Wildman–Crippen LogP) is 0.481. The van der Waals surface area contributed by atoms with Gasteiger partial charge in [-0.1, -0.05) is 0 Å². The van der Waals surface area contributed by atoms with Crippen LogP contribution in [0.1, 0.15) is 23.7 Å². The highest BCUT2D eigenvalue weighted by atomic mass is 32.2. The minimum Gasteiger partial charge on any atom is -0.335 e. The highest BCUT2D eigenvalue weighted by Gasteiger charge is 2.35. The third-order valence-corrected chi connectivity index (χ3v) is 5.97. The van der Waals surface area contributed by atoms with Crippen LogP contribution in [0, 0.1) is 0 Å². The van der Waals surface area contributed by atoms with Crippen LogP contribution < -0.4 is 5.56 Å². The van der Waals surface area contributed by atoms with Gasteiger partial charge in [0.15, 0.2) is 9.84 Å². The molecule has 8 nitrogen and oxygen atoms in total. The second-order valence-corrected chi connectivity index (χ2v) is 8.09. The van der Waals surface area contributed by atoms with Crippen LogP contribution in [-0.2, 0) is 9.84 Å². The Kier molecular flexibility index (Phi) is 4.67. The number of carbonyl (C=O) groups excluding carboxylic acids is 1. The number of H-pyrrole nitrogens is 1. The van der Waals surface area contributed by atoms with Crippen molar-refractivity contribution < 1.29 is 13.2 Å². The molecule has 0 aliphatic carbocycles. The molecule has 1 saturated heterocycles. The summed E-state index contributed by atoms with van der Waals surface area (Å²) in [7, 11) is -3.12. The zero-order valence-electron chi connectivity index (χ0n) is 13.7. The Morgan fingerprint density at radius 3 is 2.76 bits per heavy atom. The third-order valence-electron chi connectivity index (χ3n) is 4.22. The minimum absolute atomic E-state index is 0.0638. The number of amides is 1. The highest BCUT2D eigenvalue weighted by Crippen LogP contribution is 2.19. The van der Waals surface area contributed by atoms with E-state index in [-0.39, 0.29) is 17.1 Å². The van der Waals surface area contributed by atoms with E-state index < -0.39 is 27.3 Å². The molecule has 1 fully saturated rings. The number of rotatable bonds is 4. The fraction of sp³-hybridized carbons (Fsp3) is 0.375. The van der Waals surface area contributed by atoms with Crippen LogP contribution in [0.15, 0.2) is 35.5 Å². The Hall–Kier alpha value is -2.55. The Morgan fingerprint density at radius 1 is 1.40 bits per heavy atom. The van der Waals surface area contributed by atoms with E-state index in [1.165, 1.54) is 11.1 Å². The molecule has 3 heterocycles. The molecule has 132 valence electrons. The highest BCUT2D eigenvalue weighted by molar-refractivity contribution is 7.91. The number of hydrogen-bond donors (Lipinski definition) is 1.